The Morgan fingerprint density at radius 3 is 2.59 bits per heavy atom. The number of amides is 2. The third-order valence-electron chi connectivity index (χ3n) is 3.05. The molecule has 2 rings (SSSR count). The second-order valence-electron chi connectivity index (χ2n) is 6.14. The molecular formula is C16H22N2O4. The summed E-state index contributed by atoms with van der Waals surface area (Å²) in [6, 6.07) is 9.14. The zero-order valence-corrected chi connectivity index (χ0v) is 13.2. The normalized spacial score (nSPS) is 18.7. The highest BCUT2D eigenvalue weighted by atomic mass is 16.6. The fourth-order valence-corrected chi connectivity index (χ4v) is 2.04. The molecule has 1 unspecified atom stereocenters. The monoisotopic (exact) mass is 306 g/mol. The number of hydrogen-bond acceptors (Lipinski definition) is 4. The van der Waals surface area contributed by atoms with Crippen molar-refractivity contribution in [2.45, 2.75) is 32.5 Å². The molecule has 6 heteroatoms. The van der Waals surface area contributed by atoms with Crippen molar-refractivity contribution in [1.82, 2.24) is 4.90 Å². The van der Waals surface area contributed by atoms with E-state index in [2.05, 4.69) is 5.32 Å². The maximum Gasteiger partial charge on any atom is 0.410 e. The van der Waals surface area contributed by atoms with E-state index < -0.39 is 17.8 Å². The van der Waals surface area contributed by atoms with Gasteiger partial charge in [0, 0.05) is 12.2 Å². The van der Waals surface area contributed by atoms with Gasteiger partial charge in [0.15, 0.2) is 6.10 Å². The molecule has 0 aliphatic carbocycles. The van der Waals surface area contributed by atoms with Gasteiger partial charge in [-0.3, -0.25) is 4.79 Å². The molecule has 0 saturated carbocycles. The second kappa shape index (κ2) is 6.79. The van der Waals surface area contributed by atoms with E-state index >= 15 is 0 Å². The lowest BCUT2D eigenvalue weighted by atomic mass is 10.2. The molecule has 22 heavy (non-hydrogen) atoms. The van der Waals surface area contributed by atoms with Crippen LogP contribution >= 0.6 is 0 Å². The van der Waals surface area contributed by atoms with Crippen LogP contribution in [0.25, 0.3) is 0 Å². The Labute approximate surface area is 130 Å². The first-order valence-corrected chi connectivity index (χ1v) is 7.30. The first kappa shape index (κ1) is 16.3. The summed E-state index contributed by atoms with van der Waals surface area (Å²) in [4.78, 5) is 25.8. The van der Waals surface area contributed by atoms with Crippen LogP contribution in [-0.2, 0) is 14.3 Å². The van der Waals surface area contributed by atoms with Crippen LogP contribution in [0.2, 0.25) is 0 Å². The summed E-state index contributed by atoms with van der Waals surface area (Å²) in [5.41, 5.74) is 0.141. The van der Waals surface area contributed by atoms with Gasteiger partial charge in [-0.15, -0.1) is 0 Å². The number of nitrogens with zero attached hydrogens (tertiary/aromatic N) is 1. The quantitative estimate of drug-likeness (QED) is 0.910. The Morgan fingerprint density at radius 2 is 1.95 bits per heavy atom. The lowest BCUT2D eigenvalue weighted by molar-refractivity contribution is -0.132. The van der Waals surface area contributed by atoms with Gasteiger partial charge < -0.3 is 19.7 Å². The Morgan fingerprint density at radius 1 is 1.27 bits per heavy atom. The topological polar surface area (TPSA) is 67.9 Å². The molecule has 120 valence electrons. The molecule has 0 aromatic heterocycles. The van der Waals surface area contributed by atoms with Crippen molar-refractivity contribution in [2.75, 3.05) is 25.0 Å². The molecule has 2 amide bonds. The van der Waals surface area contributed by atoms with E-state index in [-0.39, 0.29) is 12.5 Å². The third-order valence-corrected chi connectivity index (χ3v) is 3.05. The van der Waals surface area contributed by atoms with Gasteiger partial charge in [-0.25, -0.2) is 4.79 Å². The molecular weight excluding hydrogens is 284 g/mol. The number of morpholine rings is 1. The molecule has 1 aromatic carbocycles. The predicted molar refractivity (Wildman–Crippen MR) is 82.6 cm³/mol. The number of benzene rings is 1. The molecule has 0 radical (unpaired) electrons. The fraction of sp³-hybridized carbons (Fsp3) is 0.500. The fourth-order valence-electron chi connectivity index (χ4n) is 2.04. The van der Waals surface area contributed by atoms with Crippen LogP contribution in [0.3, 0.4) is 0 Å². The van der Waals surface area contributed by atoms with Crippen LogP contribution in [0, 0.1) is 0 Å². The van der Waals surface area contributed by atoms with Gasteiger partial charge >= 0.3 is 6.09 Å². The molecule has 1 atom stereocenters. The summed E-state index contributed by atoms with van der Waals surface area (Å²) in [6.07, 6.45) is -1.12. The van der Waals surface area contributed by atoms with Crippen LogP contribution in [0.15, 0.2) is 30.3 Å². The highest BCUT2D eigenvalue weighted by Gasteiger charge is 2.31. The van der Waals surface area contributed by atoms with Crippen LogP contribution in [-0.4, -0.2) is 48.3 Å². The van der Waals surface area contributed by atoms with E-state index in [0.717, 1.165) is 0 Å². The number of para-hydroxylation sites is 1. The van der Waals surface area contributed by atoms with Gasteiger partial charge in [-0.1, -0.05) is 18.2 Å². The largest absolute Gasteiger partial charge is 0.444 e. The molecule has 1 heterocycles. The zero-order chi connectivity index (χ0) is 16.2. The number of nitrogens with one attached hydrogen (secondary N) is 1. The first-order valence-electron chi connectivity index (χ1n) is 7.30. The number of carbonyl (C=O) groups excluding carboxylic acids is 2. The Kier molecular flexibility index (Phi) is 5.03. The lowest BCUT2D eigenvalue weighted by Gasteiger charge is -2.33. The standard InChI is InChI=1S/C16H22N2O4/c1-16(2,3)22-15(20)18-9-10-21-13(11-18)14(19)17-12-7-5-4-6-8-12/h4-8,13H,9-11H2,1-3H3,(H,17,19). The molecule has 1 aromatic rings. The highest BCUT2D eigenvalue weighted by molar-refractivity contribution is 5.94. The number of carbonyl (C=O) groups is 2. The second-order valence-corrected chi connectivity index (χ2v) is 6.14. The third kappa shape index (κ3) is 4.73. The molecule has 0 spiro atoms. The molecule has 6 nitrogen and oxygen atoms in total. The van der Waals surface area contributed by atoms with Crippen molar-refractivity contribution in [3.63, 3.8) is 0 Å². The average molecular weight is 306 g/mol. The summed E-state index contributed by atoms with van der Waals surface area (Å²) in [6.45, 7) is 6.35. The Hall–Kier alpha value is -2.08. The van der Waals surface area contributed by atoms with E-state index in [9.17, 15) is 9.59 Å². The summed E-state index contributed by atoms with van der Waals surface area (Å²) in [5, 5.41) is 2.78. The van der Waals surface area contributed by atoms with Crippen LogP contribution in [0.4, 0.5) is 10.5 Å². The van der Waals surface area contributed by atoms with Gasteiger partial charge in [0.05, 0.1) is 13.2 Å². The van der Waals surface area contributed by atoms with E-state index in [4.69, 9.17) is 9.47 Å². The summed E-state index contributed by atoms with van der Waals surface area (Å²) in [7, 11) is 0. The zero-order valence-electron chi connectivity index (χ0n) is 13.2. The Balaban J connectivity index is 1.92. The van der Waals surface area contributed by atoms with Crippen molar-refractivity contribution in [2.24, 2.45) is 0 Å². The van der Waals surface area contributed by atoms with Gasteiger partial charge in [0.2, 0.25) is 0 Å². The smallest absolute Gasteiger partial charge is 0.410 e. The summed E-state index contributed by atoms with van der Waals surface area (Å²) in [5.74, 6) is -0.264. The molecule has 1 N–H and O–H groups in total. The van der Waals surface area contributed by atoms with E-state index in [1.807, 2.05) is 39.0 Å². The maximum absolute atomic E-state index is 12.2. The van der Waals surface area contributed by atoms with E-state index in [1.165, 1.54) is 4.90 Å². The van der Waals surface area contributed by atoms with Gasteiger partial charge in [0.1, 0.15) is 5.60 Å². The van der Waals surface area contributed by atoms with Crippen LogP contribution < -0.4 is 5.32 Å². The van der Waals surface area contributed by atoms with Gasteiger partial charge in [-0.05, 0) is 32.9 Å². The number of anilines is 1. The van der Waals surface area contributed by atoms with Crippen LogP contribution in [0.1, 0.15) is 20.8 Å². The van der Waals surface area contributed by atoms with Crippen molar-refractivity contribution < 1.29 is 19.1 Å². The minimum atomic E-state index is -0.693. The predicted octanol–water partition coefficient (Wildman–Crippen LogP) is 2.26. The van der Waals surface area contributed by atoms with Crippen molar-refractivity contribution in [1.29, 1.82) is 0 Å². The number of hydrogen-bond donors (Lipinski definition) is 1. The lowest BCUT2D eigenvalue weighted by Crippen LogP contribution is -2.51. The van der Waals surface area contributed by atoms with E-state index in [0.29, 0.717) is 18.8 Å². The molecule has 1 aliphatic heterocycles. The van der Waals surface area contributed by atoms with Crippen molar-refractivity contribution in [3.05, 3.63) is 30.3 Å². The van der Waals surface area contributed by atoms with Crippen molar-refractivity contribution >= 4 is 17.7 Å². The van der Waals surface area contributed by atoms with Crippen molar-refractivity contribution in [3.8, 4) is 0 Å². The minimum absolute atomic E-state index is 0.188. The molecule has 0 bridgehead atoms. The van der Waals surface area contributed by atoms with E-state index in [1.54, 1.807) is 12.1 Å². The van der Waals surface area contributed by atoms with Gasteiger partial charge in [-0.2, -0.15) is 0 Å². The SMILES string of the molecule is CC(C)(C)OC(=O)N1CCOC(C(=O)Nc2ccccc2)C1. The highest BCUT2D eigenvalue weighted by Crippen LogP contribution is 2.14. The van der Waals surface area contributed by atoms with Gasteiger partial charge in [0.25, 0.3) is 5.91 Å². The maximum atomic E-state index is 12.2. The summed E-state index contributed by atoms with van der Waals surface area (Å²) < 4.78 is 10.8. The van der Waals surface area contributed by atoms with Crippen LogP contribution in [0.5, 0.6) is 0 Å². The molecule has 1 fully saturated rings. The first-order chi connectivity index (χ1) is 10.3. The average Bonchev–Trinajstić information content (AvgIpc) is 2.46. The molecule has 1 saturated heterocycles. The Bertz CT molecular complexity index is 525. The number of ether oxygens (including phenoxy) is 2. The number of rotatable bonds is 2. The minimum Gasteiger partial charge on any atom is -0.444 e. The molecule has 1 aliphatic rings. The summed E-state index contributed by atoms with van der Waals surface area (Å²) >= 11 is 0.